The molecule has 2 heterocycles. The molecule has 1 aliphatic heterocycles. The van der Waals surface area contributed by atoms with Crippen LogP contribution in [0.5, 0.6) is 0 Å². The van der Waals surface area contributed by atoms with Gasteiger partial charge in [-0.1, -0.05) is 48.0 Å². The fourth-order valence-electron chi connectivity index (χ4n) is 4.20. The van der Waals surface area contributed by atoms with Crippen molar-refractivity contribution >= 4 is 23.5 Å². The third-order valence-electron chi connectivity index (χ3n) is 6.17. The van der Waals surface area contributed by atoms with Crippen LogP contribution in [0.2, 0.25) is 5.02 Å². The van der Waals surface area contributed by atoms with Gasteiger partial charge in [-0.3, -0.25) is 19.0 Å². The molecule has 36 heavy (non-hydrogen) atoms. The van der Waals surface area contributed by atoms with E-state index in [0.29, 0.717) is 30.1 Å². The first-order chi connectivity index (χ1) is 17.3. The Hall–Kier alpha value is -3.72. The highest BCUT2D eigenvalue weighted by atomic mass is 35.5. The Balaban J connectivity index is 1.80. The summed E-state index contributed by atoms with van der Waals surface area (Å²) in [6.45, 7) is 4.25. The smallest absolute Gasteiger partial charge is 0.352 e. The first-order valence-electron chi connectivity index (χ1n) is 11.8. The number of likely N-dealkylation sites (tertiary alicyclic amines) is 1. The van der Waals surface area contributed by atoms with Gasteiger partial charge in [0.1, 0.15) is 0 Å². The zero-order chi connectivity index (χ0) is 25.8. The average Bonchev–Trinajstić information content (AvgIpc) is 2.89. The largest absolute Gasteiger partial charge is 0.466 e. The van der Waals surface area contributed by atoms with Crippen molar-refractivity contribution in [3.63, 3.8) is 0 Å². The molecule has 1 aliphatic rings. The summed E-state index contributed by atoms with van der Waals surface area (Å²) in [5, 5.41) is 4.62. The number of benzene rings is 2. The molecular weight excluding hydrogens is 484 g/mol. The Kier molecular flexibility index (Phi) is 7.69. The fraction of sp³-hybridized carbons (Fsp3) is 0.346. The van der Waals surface area contributed by atoms with E-state index in [0.717, 1.165) is 20.4 Å². The molecule has 1 atom stereocenters. The van der Waals surface area contributed by atoms with Gasteiger partial charge in [0.15, 0.2) is 0 Å². The number of aryl methyl sites for hydroxylation is 1. The summed E-state index contributed by atoms with van der Waals surface area (Å²) >= 11 is 6.28. The summed E-state index contributed by atoms with van der Waals surface area (Å²) in [6, 6.07) is 14.0. The minimum Gasteiger partial charge on any atom is -0.466 e. The summed E-state index contributed by atoms with van der Waals surface area (Å²) in [7, 11) is 0. The van der Waals surface area contributed by atoms with E-state index >= 15 is 0 Å². The summed E-state index contributed by atoms with van der Waals surface area (Å²) in [4.78, 5) is 54.0. The molecule has 1 saturated heterocycles. The molecule has 1 amide bonds. The van der Waals surface area contributed by atoms with Gasteiger partial charge in [0.05, 0.1) is 24.8 Å². The molecule has 0 spiro atoms. The number of esters is 1. The second kappa shape index (κ2) is 10.9. The highest BCUT2D eigenvalue weighted by Crippen LogP contribution is 2.20. The summed E-state index contributed by atoms with van der Waals surface area (Å²) < 4.78 is 7.14. The monoisotopic (exact) mass is 510 g/mol. The fourth-order valence-corrected chi connectivity index (χ4v) is 4.37. The van der Waals surface area contributed by atoms with Crippen LogP contribution in [0.3, 0.4) is 0 Å². The summed E-state index contributed by atoms with van der Waals surface area (Å²) in [6.07, 6.45) is 1.18. The maximum absolute atomic E-state index is 13.5. The van der Waals surface area contributed by atoms with E-state index < -0.39 is 28.8 Å². The lowest BCUT2D eigenvalue weighted by molar-refractivity contribution is -0.149. The van der Waals surface area contributed by atoms with Crippen LogP contribution in [-0.2, 0) is 16.1 Å². The molecule has 3 aromatic rings. The molecule has 4 rings (SSSR count). The molecule has 0 aliphatic carbocycles. The summed E-state index contributed by atoms with van der Waals surface area (Å²) in [5.74, 6) is -1.48. The van der Waals surface area contributed by atoms with E-state index in [4.69, 9.17) is 16.3 Å². The van der Waals surface area contributed by atoms with Gasteiger partial charge in [0, 0.05) is 18.1 Å². The molecule has 10 heteroatoms. The maximum Gasteiger partial charge on any atom is 0.352 e. The SMILES string of the molecule is CCOC(=O)[C@H]1CCCN(C(=O)c2nn(-c3ccc(C)c(Cl)c3)c(=O)n(Cc3ccccc3)c2=O)C1. The predicted molar refractivity (Wildman–Crippen MR) is 135 cm³/mol. The third kappa shape index (κ3) is 5.26. The Labute approximate surface area is 212 Å². The molecule has 2 aromatic carbocycles. The molecule has 0 bridgehead atoms. The van der Waals surface area contributed by atoms with Crippen molar-refractivity contribution in [2.75, 3.05) is 19.7 Å². The van der Waals surface area contributed by atoms with Gasteiger partial charge in [-0.05, 0) is 49.9 Å². The molecular formula is C26H27ClN4O5. The van der Waals surface area contributed by atoms with Gasteiger partial charge < -0.3 is 9.64 Å². The average molecular weight is 511 g/mol. The van der Waals surface area contributed by atoms with E-state index in [9.17, 15) is 19.2 Å². The molecule has 1 aromatic heterocycles. The van der Waals surface area contributed by atoms with Crippen LogP contribution in [0.15, 0.2) is 58.1 Å². The first kappa shape index (κ1) is 25.4. The van der Waals surface area contributed by atoms with Crippen molar-refractivity contribution in [3.05, 3.63) is 91.2 Å². The van der Waals surface area contributed by atoms with E-state index in [1.165, 1.54) is 4.90 Å². The van der Waals surface area contributed by atoms with Crippen molar-refractivity contribution < 1.29 is 14.3 Å². The van der Waals surface area contributed by atoms with E-state index in [2.05, 4.69) is 5.10 Å². The zero-order valence-corrected chi connectivity index (χ0v) is 20.9. The number of aromatic nitrogens is 3. The normalized spacial score (nSPS) is 15.5. The number of ether oxygens (including phenoxy) is 1. The highest BCUT2D eigenvalue weighted by Gasteiger charge is 2.32. The van der Waals surface area contributed by atoms with Crippen LogP contribution in [0, 0.1) is 12.8 Å². The quantitative estimate of drug-likeness (QED) is 0.472. The van der Waals surface area contributed by atoms with Gasteiger partial charge in [-0.15, -0.1) is 0 Å². The van der Waals surface area contributed by atoms with Gasteiger partial charge >= 0.3 is 11.7 Å². The standard InChI is InChI=1S/C26H27ClN4O5/c1-3-36-25(34)19-10-7-13-29(16-19)23(32)22-24(33)30(15-18-8-5-4-6-9-18)26(35)31(28-22)20-12-11-17(2)21(27)14-20/h4-6,8-9,11-12,14,19H,3,7,10,13,15-16H2,1-2H3/t19-/m0/s1. The lowest BCUT2D eigenvalue weighted by atomic mass is 9.98. The minimum absolute atomic E-state index is 0.0354. The second-order valence-electron chi connectivity index (χ2n) is 8.70. The summed E-state index contributed by atoms with van der Waals surface area (Å²) in [5.41, 5.74) is -0.0259. The first-order valence-corrected chi connectivity index (χ1v) is 12.2. The Morgan fingerprint density at radius 3 is 2.58 bits per heavy atom. The zero-order valence-electron chi connectivity index (χ0n) is 20.1. The third-order valence-corrected chi connectivity index (χ3v) is 6.58. The van der Waals surface area contributed by atoms with Gasteiger partial charge in [0.25, 0.3) is 11.5 Å². The van der Waals surface area contributed by atoms with Gasteiger partial charge in [0.2, 0.25) is 5.69 Å². The van der Waals surface area contributed by atoms with E-state index in [1.807, 2.05) is 13.0 Å². The number of piperidine rings is 1. The van der Waals surface area contributed by atoms with Gasteiger partial charge in [-0.2, -0.15) is 9.78 Å². The second-order valence-corrected chi connectivity index (χ2v) is 9.10. The molecule has 0 N–H and O–H groups in total. The van der Waals surface area contributed by atoms with Crippen molar-refractivity contribution in [3.8, 4) is 5.69 Å². The van der Waals surface area contributed by atoms with Crippen molar-refractivity contribution in [2.45, 2.75) is 33.2 Å². The minimum atomic E-state index is -0.790. The Morgan fingerprint density at radius 2 is 1.89 bits per heavy atom. The maximum atomic E-state index is 13.5. The van der Waals surface area contributed by atoms with Crippen molar-refractivity contribution in [2.24, 2.45) is 5.92 Å². The van der Waals surface area contributed by atoms with Crippen molar-refractivity contribution in [1.82, 2.24) is 19.2 Å². The van der Waals surface area contributed by atoms with Crippen LogP contribution >= 0.6 is 11.6 Å². The lowest BCUT2D eigenvalue weighted by Crippen LogP contribution is -2.49. The van der Waals surface area contributed by atoms with Crippen LogP contribution in [0.25, 0.3) is 5.69 Å². The number of halogens is 1. The Bertz CT molecular complexity index is 1400. The molecule has 9 nitrogen and oxygen atoms in total. The number of rotatable bonds is 6. The van der Waals surface area contributed by atoms with Crippen LogP contribution in [0.4, 0.5) is 0 Å². The molecule has 0 unspecified atom stereocenters. The highest BCUT2D eigenvalue weighted by molar-refractivity contribution is 6.31. The molecule has 0 saturated carbocycles. The lowest BCUT2D eigenvalue weighted by Gasteiger charge is -2.31. The van der Waals surface area contributed by atoms with E-state index in [1.54, 1.807) is 49.4 Å². The topological polar surface area (TPSA) is 104 Å². The molecule has 0 radical (unpaired) electrons. The Morgan fingerprint density at radius 1 is 1.14 bits per heavy atom. The predicted octanol–water partition coefficient (Wildman–Crippen LogP) is 2.82. The number of hydrogen-bond donors (Lipinski definition) is 0. The molecule has 188 valence electrons. The number of carbonyl (C=O) groups excluding carboxylic acids is 2. The van der Waals surface area contributed by atoms with Crippen LogP contribution in [-0.4, -0.2) is 50.8 Å². The van der Waals surface area contributed by atoms with Crippen molar-refractivity contribution in [1.29, 1.82) is 0 Å². The van der Waals surface area contributed by atoms with Gasteiger partial charge in [-0.25, -0.2) is 4.79 Å². The number of nitrogens with zero attached hydrogens (tertiary/aromatic N) is 4. The number of hydrogen-bond acceptors (Lipinski definition) is 6. The van der Waals surface area contributed by atoms with Crippen LogP contribution < -0.4 is 11.2 Å². The molecule has 1 fully saturated rings. The number of carbonyl (C=O) groups is 2. The number of amides is 1. The van der Waals surface area contributed by atoms with Crippen LogP contribution in [0.1, 0.15) is 41.4 Å². The van der Waals surface area contributed by atoms with E-state index in [-0.39, 0.29) is 25.7 Å².